The Morgan fingerprint density at radius 2 is 1.80 bits per heavy atom. The molecule has 0 radical (unpaired) electrons. The van der Waals surface area contributed by atoms with Gasteiger partial charge in [-0.05, 0) is 6.92 Å². The number of nitro groups is 1. The van der Waals surface area contributed by atoms with Gasteiger partial charge in [-0.1, -0.05) is 17.7 Å². The van der Waals surface area contributed by atoms with Crippen LogP contribution in [0.5, 0.6) is 0 Å². The van der Waals surface area contributed by atoms with Crippen LogP contribution in [0.25, 0.3) is 0 Å². The molecule has 0 saturated carbocycles. The number of nitro benzene ring substituents is 1. The van der Waals surface area contributed by atoms with Gasteiger partial charge in [-0.2, -0.15) is 0 Å². The van der Waals surface area contributed by atoms with Gasteiger partial charge in [-0.3, -0.25) is 10.1 Å². The minimum atomic E-state index is -0.403. The number of non-ortho nitro benzene ring substituents is 1. The maximum absolute atomic E-state index is 10.1. The minimum Gasteiger partial charge on any atom is -0.258 e. The minimum absolute atomic E-state index is 0.144. The van der Waals surface area contributed by atoms with E-state index in [2.05, 4.69) is 0 Å². The Balaban J connectivity index is 3.00. The summed E-state index contributed by atoms with van der Waals surface area (Å²) in [4.78, 5) is 9.71. The van der Waals surface area contributed by atoms with Crippen molar-refractivity contribution in [3.8, 4) is 0 Å². The Bertz CT molecular complexity index is 240. The normalized spacial score (nSPS) is 9.30. The first kappa shape index (κ1) is 6.74. The van der Waals surface area contributed by atoms with Crippen LogP contribution < -0.4 is 0 Å². The zero-order valence-corrected chi connectivity index (χ0v) is 5.57. The first-order valence-corrected chi connectivity index (χ1v) is 2.91. The summed E-state index contributed by atoms with van der Waals surface area (Å²) in [6, 6.07) is 6.43. The second kappa shape index (κ2) is 2.47. The number of hydrogen-bond acceptors (Lipinski definition) is 2. The first-order chi connectivity index (χ1) is 4.70. The fourth-order valence-corrected chi connectivity index (χ4v) is 0.666. The van der Waals surface area contributed by atoms with Crippen molar-refractivity contribution in [2.45, 2.75) is 6.92 Å². The molecule has 10 heavy (non-hydrogen) atoms. The van der Waals surface area contributed by atoms with Gasteiger partial charge in [-0.25, -0.2) is 0 Å². The monoisotopic (exact) mass is 136 g/mol. The van der Waals surface area contributed by atoms with E-state index < -0.39 is 4.92 Å². The summed E-state index contributed by atoms with van der Waals surface area (Å²) in [5.41, 5.74) is 1.18. The molecule has 1 aromatic carbocycles. The summed E-state index contributed by atoms with van der Waals surface area (Å²) in [5, 5.41) is 10.1. The molecule has 0 aromatic heterocycles. The van der Waals surface area contributed by atoms with E-state index in [4.69, 9.17) is 0 Å². The standard InChI is InChI=1S/C7H7NO2/c1-6-2-4-7(5-3-6)8(9)10/h2-5H,1H3/i7-1. The lowest BCUT2D eigenvalue weighted by Gasteiger charge is -1.90. The average Bonchev–Trinajstić information content (AvgIpc) is 1.88. The van der Waals surface area contributed by atoms with Crippen LogP contribution in [0.4, 0.5) is 5.69 Å². The van der Waals surface area contributed by atoms with Crippen LogP contribution in [0.3, 0.4) is 0 Å². The van der Waals surface area contributed by atoms with Gasteiger partial charge in [-0.15, -0.1) is 0 Å². The maximum Gasteiger partial charge on any atom is 0.269 e. The lowest BCUT2D eigenvalue weighted by atomic mass is 9.91. The van der Waals surface area contributed by atoms with Crippen LogP contribution in [-0.2, 0) is 0 Å². The largest absolute Gasteiger partial charge is 0.269 e. The van der Waals surface area contributed by atoms with Crippen LogP contribution in [-0.4, -0.2) is 4.92 Å². The molecule has 0 fully saturated rings. The summed E-state index contributed by atoms with van der Waals surface area (Å²) >= 11 is 0. The molecule has 0 aliphatic rings. The molecule has 0 atom stereocenters. The Morgan fingerprint density at radius 1 is 1.30 bits per heavy atom. The van der Waals surface area contributed by atoms with E-state index in [1.54, 1.807) is 12.1 Å². The van der Waals surface area contributed by atoms with E-state index in [1.807, 2.05) is 6.92 Å². The molecule has 1 aromatic rings. The SMILES string of the molecule is Cc1cc[11c]([N+](=O)[O-])cc1. The van der Waals surface area contributed by atoms with Crippen molar-refractivity contribution in [1.82, 2.24) is 0 Å². The van der Waals surface area contributed by atoms with E-state index in [-0.39, 0.29) is 5.69 Å². The quantitative estimate of drug-likeness (QED) is 0.437. The molecule has 0 bridgehead atoms. The van der Waals surface area contributed by atoms with Crippen LogP contribution >= 0.6 is 0 Å². The van der Waals surface area contributed by atoms with E-state index in [1.165, 1.54) is 12.1 Å². The van der Waals surface area contributed by atoms with Gasteiger partial charge in [0.2, 0.25) is 0 Å². The Morgan fingerprint density at radius 3 is 2.20 bits per heavy atom. The van der Waals surface area contributed by atoms with Crippen molar-refractivity contribution in [2.75, 3.05) is 0 Å². The molecule has 3 nitrogen and oxygen atoms in total. The molecule has 0 aliphatic heterocycles. The van der Waals surface area contributed by atoms with E-state index in [9.17, 15) is 10.1 Å². The zero-order valence-electron chi connectivity index (χ0n) is 5.57. The predicted octanol–water partition coefficient (Wildman–Crippen LogP) is 1.90. The van der Waals surface area contributed by atoms with Gasteiger partial charge >= 0.3 is 0 Å². The van der Waals surface area contributed by atoms with Gasteiger partial charge in [0.15, 0.2) is 0 Å². The maximum atomic E-state index is 10.1. The summed E-state index contributed by atoms with van der Waals surface area (Å²) in [6.45, 7) is 1.89. The second-order valence-electron chi connectivity index (χ2n) is 2.09. The topological polar surface area (TPSA) is 43.1 Å². The number of aryl methyl sites for hydroxylation is 1. The van der Waals surface area contributed by atoms with Gasteiger partial charge < -0.3 is 0 Å². The molecule has 0 heterocycles. The lowest BCUT2D eigenvalue weighted by Crippen LogP contribution is -1.86. The van der Waals surface area contributed by atoms with Crippen molar-refractivity contribution < 1.29 is 4.92 Å². The van der Waals surface area contributed by atoms with Crippen molar-refractivity contribution >= 4 is 5.69 Å². The molecular weight excluding hydrogens is 129 g/mol. The summed E-state index contributed by atoms with van der Waals surface area (Å²) < 4.78 is 0. The third kappa shape index (κ3) is 1.31. The molecule has 0 aliphatic carbocycles. The molecule has 0 spiro atoms. The van der Waals surface area contributed by atoms with Crippen molar-refractivity contribution in [3.05, 3.63) is 39.9 Å². The van der Waals surface area contributed by atoms with Crippen LogP contribution in [0.15, 0.2) is 24.3 Å². The Hall–Kier alpha value is -1.38. The van der Waals surface area contributed by atoms with Gasteiger partial charge in [0.25, 0.3) is 5.69 Å². The number of rotatable bonds is 1. The molecule has 0 saturated heterocycles. The summed E-state index contributed by atoms with van der Waals surface area (Å²) in [6.07, 6.45) is 0. The molecule has 0 unspecified atom stereocenters. The second-order valence-corrected chi connectivity index (χ2v) is 2.09. The van der Waals surface area contributed by atoms with Crippen LogP contribution in [0.1, 0.15) is 5.56 Å². The Labute approximate surface area is 58.4 Å². The fraction of sp³-hybridized carbons (Fsp3) is 0.143. The number of benzene rings is 1. The summed E-state index contributed by atoms with van der Waals surface area (Å²) in [7, 11) is 0. The highest BCUT2D eigenvalue weighted by atomic mass is 16.6. The van der Waals surface area contributed by atoms with Crippen LogP contribution in [0, 0.1) is 17.0 Å². The van der Waals surface area contributed by atoms with Crippen molar-refractivity contribution in [1.29, 1.82) is 0 Å². The predicted molar refractivity (Wildman–Crippen MR) is 37.8 cm³/mol. The number of nitrogens with zero attached hydrogens (tertiary/aromatic N) is 1. The van der Waals surface area contributed by atoms with Gasteiger partial charge in [0.05, 0.1) is 4.92 Å². The smallest absolute Gasteiger partial charge is 0.258 e. The van der Waals surface area contributed by atoms with E-state index in [0.717, 1.165) is 5.56 Å². The number of hydrogen-bond donors (Lipinski definition) is 0. The third-order valence-corrected chi connectivity index (χ3v) is 1.24. The average molecular weight is 136 g/mol. The molecular formula is C7H7NO2. The Kier molecular flexibility index (Phi) is 1.67. The van der Waals surface area contributed by atoms with Gasteiger partial charge in [0.1, 0.15) is 0 Å². The molecule has 0 N–H and O–H groups in total. The summed E-state index contributed by atoms with van der Waals surface area (Å²) in [5.74, 6) is 0. The van der Waals surface area contributed by atoms with E-state index >= 15 is 0 Å². The molecule has 1 rings (SSSR count). The van der Waals surface area contributed by atoms with Gasteiger partial charge in [0, 0.05) is 12.1 Å². The van der Waals surface area contributed by atoms with Crippen LogP contribution in [0.2, 0.25) is 0 Å². The molecule has 3 heteroatoms. The lowest BCUT2D eigenvalue weighted by molar-refractivity contribution is -0.384. The van der Waals surface area contributed by atoms with Crippen molar-refractivity contribution in [3.63, 3.8) is 0 Å². The highest BCUT2D eigenvalue weighted by molar-refractivity contribution is 5.31. The van der Waals surface area contributed by atoms with E-state index in [0.29, 0.717) is 0 Å². The highest BCUT2D eigenvalue weighted by Crippen LogP contribution is 2.10. The molecule has 52 valence electrons. The zero-order chi connectivity index (χ0) is 7.56. The molecule has 0 amide bonds. The first-order valence-electron chi connectivity index (χ1n) is 2.91. The van der Waals surface area contributed by atoms with Crippen molar-refractivity contribution in [2.24, 2.45) is 0 Å². The third-order valence-electron chi connectivity index (χ3n) is 1.24. The fourth-order valence-electron chi connectivity index (χ4n) is 0.666. The highest BCUT2D eigenvalue weighted by Gasteiger charge is 2.00.